The quantitative estimate of drug-likeness (QED) is 0.365. The number of ketones is 1. The van der Waals surface area contributed by atoms with Crippen molar-refractivity contribution in [1.82, 2.24) is 4.90 Å². The second-order valence-electron chi connectivity index (χ2n) is 7.20. The molecule has 0 spiro atoms. The fourth-order valence-electron chi connectivity index (χ4n) is 2.97. The lowest BCUT2D eigenvalue weighted by atomic mass is 10.00. The molecule has 0 heterocycles. The van der Waals surface area contributed by atoms with Crippen LogP contribution in [0.25, 0.3) is 17.2 Å². The van der Waals surface area contributed by atoms with Crippen LogP contribution in [0.15, 0.2) is 78.9 Å². The molecule has 154 valence electrons. The summed E-state index contributed by atoms with van der Waals surface area (Å²) in [6.07, 6.45) is 3.39. The van der Waals surface area contributed by atoms with Gasteiger partial charge in [-0.3, -0.25) is 4.79 Å². The molecule has 0 aromatic heterocycles. The van der Waals surface area contributed by atoms with Gasteiger partial charge < -0.3 is 14.4 Å². The normalized spacial score (nSPS) is 11.1. The molecule has 4 heteroatoms. The molecule has 0 saturated carbocycles. The molecule has 0 unspecified atom stereocenters. The monoisotopic (exact) mass is 401 g/mol. The summed E-state index contributed by atoms with van der Waals surface area (Å²) in [5.74, 6) is 1.29. The van der Waals surface area contributed by atoms with Crippen LogP contribution in [0.5, 0.6) is 11.5 Å². The average Bonchev–Trinajstić information content (AvgIpc) is 2.78. The molecule has 0 atom stereocenters. The second kappa shape index (κ2) is 10.4. The molecule has 3 aromatic carbocycles. The molecule has 0 radical (unpaired) electrons. The zero-order valence-corrected chi connectivity index (χ0v) is 17.7. The van der Waals surface area contributed by atoms with Gasteiger partial charge in [0.05, 0.1) is 12.7 Å². The van der Waals surface area contributed by atoms with Crippen LogP contribution in [0.1, 0.15) is 15.9 Å². The molecule has 0 saturated heterocycles. The Morgan fingerprint density at radius 2 is 1.67 bits per heavy atom. The molecule has 0 amide bonds. The van der Waals surface area contributed by atoms with Gasteiger partial charge in [-0.25, -0.2) is 0 Å². The Morgan fingerprint density at radius 1 is 0.933 bits per heavy atom. The number of carbonyl (C=O) groups excluding carboxylic acids is 1. The SMILES string of the molecule is COc1ccc(C=CC(=O)c2cc(-c3ccccc3)ccc2OCCN(C)C)cc1. The van der Waals surface area contributed by atoms with Crippen molar-refractivity contribution in [3.05, 3.63) is 90.0 Å². The minimum atomic E-state index is -0.0940. The van der Waals surface area contributed by atoms with E-state index in [-0.39, 0.29) is 5.78 Å². The molecule has 0 aliphatic carbocycles. The fraction of sp³-hybridized carbons (Fsp3) is 0.192. The van der Waals surface area contributed by atoms with Gasteiger partial charge in [-0.05, 0) is 61.1 Å². The maximum absolute atomic E-state index is 13.0. The van der Waals surface area contributed by atoms with E-state index in [2.05, 4.69) is 0 Å². The molecule has 30 heavy (non-hydrogen) atoms. The van der Waals surface area contributed by atoms with Gasteiger partial charge in [0.1, 0.15) is 18.1 Å². The number of rotatable bonds is 9. The third-order valence-electron chi connectivity index (χ3n) is 4.69. The average molecular weight is 402 g/mol. The minimum Gasteiger partial charge on any atom is -0.497 e. The molecule has 0 bridgehead atoms. The number of allylic oxidation sites excluding steroid dienone is 1. The highest BCUT2D eigenvalue weighted by Gasteiger charge is 2.13. The Bertz CT molecular complexity index is 993. The topological polar surface area (TPSA) is 38.8 Å². The molecule has 0 aliphatic rings. The van der Waals surface area contributed by atoms with Crippen molar-refractivity contribution in [3.8, 4) is 22.6 Å². The van der Waals surface area contributed by atoms with Gasteiger partial charge in [-0.15, -0.1) is 0 Å². The highest BCUT2D eigenvalue weighted by atomic mass is 16.5. The van der Waals surface area contributed by atoms with Crippen LogP contribution in [-0.2, 0) is 0 Å². The number of benzene rings is 3. The van der Waals surface area contributed by atoms with E-state index in [1.165, 1.54) is 0 Å². The van der Waals surface area contributed by atoms with Gasteiger partial charge in [0.2, 0.25) is 0 Å². The lowest BCUT2D eigenvalue weighted by Gasteiger charge is -2.14. The van der Waals surface area contributed by atoms with Crippen molar-refractivity contribution in [2.75, 3.05) is 34.4 Å². The Hall–Kier alpha value is -3.37. The van der Waals surface area contributed by atoms with E-state index >= 15 is 0 Å². The molecule has 0 N–H and O–H groups in total. The third kappa shape index (κ3) is 5.82. The van der Waals surface area contributed by atoms with E-state index in [1.54, 1.807) is 19.3 Å². The van der Waals surface area contributed by atoms with E-state index in [1.807, 2.05) is 91.8 Å². The molecule has 3 aromatic rings. The predicted molar refractivity (Wildman–Crippen MR) is 122 cm³/mol. The lowest BCUT2D eigenvalue weighted by Crippen LogP contribution is -2.20. The smallest absolute Gasteiger partial charge is 0.189 e. The number of methoxy groups -OCH3 is 1. The molecule has 0 aliphatic heterocycles. The molecular formula is C26H27NO3. The van der Waals surface area contributed by atoms with Crippen molar-refractivity contribution in [2.24, 2.45) is 0 Å². The summed E-state index contributed by atoms with van der Waals surface area (Å²) in [6.45, 7) is 1.29. The van der Waals surface area contributed by atoms with Crippen LogP contribution in [-0.4, -0.2) is 45.0 Å². The highest BCUT2D eigenvalue weighted by molar-refractivity contribution is 6.09. The molecular weight excluding hydrogens is 374 g/mol. The largest absolute Gasteiger partial charge is 0.497 e. The zero-order valence-electron chi connectivity index (χ0n) is 17.7. The number of likely N-dealkylation sites (N-methyl/N-ethyl adjacent to an activating group) is 1. The van der Waals surface area contributed by atoms with Crippen molar-refractivity contribution in [3.63, 3.8) is 0 Å². The van der Waals surface area contributed by atoms with Crippen LogP contribution >= 0.6 is 0 Å². The first-order valence-electron chi connectivity index (χ1n) is 9.90. The number of ether oxygens (including phenoxy) is 2. The molecule has 3 rings (SSSR count). The standard InChI is InChI=1S/C26H27NO3/c1-27(2)17-18-30-26-16-12-22(21-7-5-4-6-8-21)19-24(26)25(28)15-11-20-9-13-23(29-3)14-10-20/h4-16,19H,17-18H2,1-3H3. The van der Waals surface area contributed by atoms with E-state index in [0.717, 1.165) is 29.0 Å². The second-order valence-corrected chi connectivity index (χ2v) is 7.20. The van der Waals surface area contributed by atoms with Gasteiger partial charge in [-0.1, -0.05) is 54.6 Å². The van der Waals surface area contributed by atoms with Crippen molar-refractivity contribution < 1.29 is 14.3 Å². The molecule has 4 nitrogen and oxygen atoms in total. The fourth-order valence-corrected chi connectivity index (χ4v) is 2.97. The lowest BCUT2D eigenvalue weighted by molar-refractivity contribution is 0.104. The summed E-state index contributed by atoms with van der Waals surface area (Å²) in [4.78, 5) is 15.1. The Morgan fingerprint density at radius 3 is 2.33 bits per heavy atom. The summed E-state index contributed by atoms with van der Waals surface area (Å²) in [5.41, 5.74) is 3.53. The first kappa shape index (κ1) is 21.3. The molecule has 0 fully saturated rings. The van der Waals surface area contributed by atoms with Gasteiger partial charge in [-0.2, -0.15) is 0 Å². The third-order valence-corrected chi connectivity index (χ3v) is 4.69. The van der Waals surface area contributed by atoms with E-state index in [0.29, 0.717) is 17.9 Å². The Balaban J connectivity index is 1.87. The van der Waals surface area contributed by atoms with E-state index < -0.39 is 0 Å². The maximum Gasteiger partial charge on any atom is 0.189 e. The van der Waals surface area contributed by atoms with Crippen LogP contribution in [0.3, 0.4) is 0 Å². The first-order chi connectivity index (χ1) is 14.6. The van der Waals surface area contributed by atoms with Crippen LogP contribution in [0, 0.1) is 0 Å². The highest BCUT2D eigenvalue weighted by Crippen LogP contribution is 2.28. The van der Waals surface area contributed by atoms with Crippen molar-refractivity contribution in [1.29, 1.82) is 0 Å². The van der Waals surface area contributed by atoms with Gasteiger partial charge in [0.15, 0.2) is 5.78 Å². The summed E-state index contributed by atoms with van der Waals surface area (Å²) in [5, 5.41) is 0. The number of hydrogen-bond acceptors (Lipinski definition) is 4. The number of nitrogens with zero attached hydrogens (tertiary/aromatic N) is 1. The van der Waals surface area contributed by atoms with Gasteiger partial charge in [0, 0.05) is 6.54 Å². The first-order valence-corrected chi connectivity index (χ1v) is 9.90. The minimum absolute atomic E-state index is 0.0940. The predicted octanol–water partition coefficient (Wildman–Crippen LogP) is 5.20. The zero-order chi connectivity index (χ0) is 21.3. The van der Waals surface area contributed by atoms with Crippen LogP contribution < -0.4 is 9.47 Å². The Labute approximate surface area is 178 Å². The summed E-state index contributed by atoms with van der Waals surface area (Å²) in [6, 6.07) is 23.4. The van der Waals surface area contributed by atoms with E-state index in [9.17, 15) is 4.79 Å². The van der Waals surface area contributed by atoms with Crippen LogP contribution in [0.2, 0.25) is 0 Å². The van der Waals surface area contributed by atoms with Crippen LogP contribution in [0.4, 0.5) is 0 Å². The van der Waals surface area contributed by atoms with Gasteiger partial charge >= 0.3 is 0 Å². The maximum atomic E-state index is 13.0. The van der Waals surface area contributed by atoms with E-state index in [4.69, 9.17) is 9.47 Å². The summed E-state index contributed by atoms with van der Waals surface area (Å²) in [7, 11) is 5.61. The summed E-state index contributed by atoms with van der Waals surface area (Å²) >= 11 is 0. The Kier molecular flexibility index (Phi) is 7.41. The van der Waals surface area contributed by atoms with Crippen molar-refractivity contribution >= 4 is 11.9 Å². The summed E-state index contributed by atoms with van der Waals surface area (Å²) < 4.78 is 11.1. The number of carbonyl (C=O) groups is 1. The van der Waals surface area contributed by atoms with Gasteiger partial charge in [0.25, 0.3) is 0 Å². The number of hydrogen-bond donors (Lipinski definition) is 0. The van der Waals surface area contributed by atoms with Crippen molar-refractivity contribution in [2.45, 2.75) is 0 Å².